The van der Waals surface area contributed by atoms with Crippen molar-refractivity contribution in [1.29, 1.82) is 0 Å². The van der Waals surface area contributed by atoms with Crippen LogP contribution in [0.5, 0.6) is 0 Å². The summed E-state index contributed by atoms with van der Waals surface area (Å²) in [5.74, 6) is -3.65. The molecule has 0 saturated carbocycles. The Morgan fingerprint density at radius 3 is 2.00 bits per heavy atom. The van der Waals surface area contributed by atoms with Crippen LogP contribution >= 0.6 is 23.2 Å². The van der Waals surface area contributed by atoms with Gasteiger partial charge in [-0.1, -0.05) is 53.5 Å². The van der Waals surface area contributed by atoms with Crippen LogP contribution in [0.4, 0.5) is 5.69 Å². The smallest absolute Gasteiger partial charge is 0.328 e. The molecule has 0 aromatic heterocycles. The highest BCUT2D eigenvalue weighted by atomic mass is 35.5. The van der Waals surface area contributed by atoms with Crippen LogP contribution in [-0.4, -0.2) is 51.4 Å². The van der Waals surface area contributed by atoms with Gasteiger partial charge in [-0.2, -0.15) is 0 Å². The van der Waals surface area contributed by atoms with Crippen molar-refractivity contribution >= 4 is 46.8 Å². The second-order valence-corrected chi connectivity index (χ2v) is 8.64. The number of anilines is 1. The highest BCUT2D eigenvalue weighted by molar-refractivity contribution is 6.38. The van der Waals surface area contributed by atoms with Gasteiger partial charge in [0.15, 0.2) is 0 Å². The topological polar surface area (TPSA) is 170 Å². The molecule has 11 heteroatoms. The van der Waals surface area contributed by atoms with Gasteiger partial charge in [0, 0.05) is 18.7 Å². The fourth-order valence-electron chi connectivity index (χ4n) is 3.15. The van der Waals surface area contributed by atoms with E-state index in [0.29, 0.717) is 65.8 Å². The Hall–Kier alpha value is -3.11. The summed E-state index contributed by atoms with van der Waals surface area (Å²) in [7, 11) is 0. The summed E-state index contributed by atoms with van der Waals surface area (Å²) in [5.41, 5.74) is 7.72. The maximum atomic E-state index is 11.5. The predicted octanol–water partition coefficient (Wildman–Crippen LogP) is 4.02. The first-order chi connectivity index (χ1) is 17.0. The highest BCUT2D eigenvalue weighted by Gasteiger charge is 2.17. The Labute approximate surface area is 219 Å². The van der Waals surface area contributed by atoms with Crippen molar-refractivity contribution < 1.29 is 34.8 Å². The number of aryl methyl sites for hydroxylation is 1. The van der Waals surface area contributed by atoms with Gasteiger partial charge in [-0.15, -0.1) is 0 Å². The van der Waals surface area contributed by atoms with Crippen LogP contribution in [0.15, 0.2) is 54.6 Å². The molecule has 2 rings (SSSR count). The molecule has 9 nitrogen and oxygen atoms in total. The van der Waals surface area contributed by atoms with Crippen molar-refractivity contribution in [2.24, 2.45) is 5.92 Å². The Kier molecular flexibility index (Phi) is 14.2. The fraction of sp³-hybridized carbons (Fsp3) is 0.320. The normalized spacial score (nSPS) is 12.4. The lowest BCUT2D eigenvalue weighted by molar-refractivity contribution is -0.142. The molecule has 0 amide bonds. The lowest BCUT2D eigenvalue weighted by Gasteiger charge is -2.15. The number of aliphatic hydroxyl groups excluding tert-OH is 1. The second-order valence-electron chi connectivity index (χ2n) is 7.83. The van der Waals surface area contributed by atoms with Gasteiger partial charge in [0.25, 0.3) is 0 Å². The summed E-state index contributed by atoms with van der Waals surface area (Å²) >= 11 is 12.0. The van der Waals surface area contributed by atoms with Crippen LogP contribution in [0.1, 0.15) is 36.5 Å². The van der Waals surface area contributed by atoms with E-state index in [1.165, 1.54) is 0 Å². The summed E-state index contributed by atoms with van der Waals surface area (Å²) in [5, 5.41) is 39.1. The van der Waals surface area contributed by atoms with E-state index in [0.717, 1.165) is 12.0 Å². The zero-order chi connectivity index (χ0) is 27.1. The Bertz CT molecular complexity index is 993. The van der Waals surface area contributed by atoms with Gasteiger partial charge in [0.2, 0.25) is 0 Å². The number of nitrogen functional groups attached to an aromatic ring is 1. The lowest BCUT2D eigenvalue weighted by Crippen LogP contribution is -2.24. The van der Waals surface area contributed by atoms with E-state index >= 15 is 0 Å². The zero-order valence-corrected chi connectivity index (χ0v) is 21.0. The molecular formula is C25H30Cl2N2O7. The Morgan fingerprint density at radius 1 is 0.944 bits per heavy atom. The van der Waals surface area contributed by atoms with Crippen molar-refractivity contribution in [3.63, 3.8) is 0 Å². The molecule has 0 aliphatic heterocycles. The molecule has 2 atom stereocenters. The molecule has 0 aliphatic carbocycles. The zero-order valence-electron chi connectivity index (χ0n) is 19.4. The highest BCUT2D eigenvalue weighted by Crippen LogP contribution is 2.31. The molecule has 0 saturated heterocycles. The summed E-state index contributed by atoms with van der Waals surface area (Å²) in [6.07, 6.45) is 3.01. The van der Waals surface area contributed by atoms with Gasteiger partial charge in [-0.25, -0.2) is 9.59 Å². The first kappa shape index (κ1) is 30.9. The first-order valence-electron chi connectivity index (χ1n) is 11.0. The molecule has 196 valence electrons. The van der Waals surface area contributed by atoms with Crippen molar-refractivity contribution in [1.82, 2.24) is 5.32 Å². The van der Waals surface area contributed by atoms with Gasteiger partial charge in [-0.05, 0) is 55.5 Å². The van der Waals surface area contributed by atoms with Gasteiger partial charge in [0.05, 0.1) is 27.8 Å². The van der Waals surface area contributed by atoms with E-state index in [2.05, 4.69) is 5.32 Å². The molecular weight excluding hydrogens is 511 g/mol. The molecule has 2 aromatic rings. The quantitative estimate of drug-likeness (QED) is 0.125. The Morgan fingerprint density at radius 2 is 1.50 bits per heavy atom. The molecule has 36 heavy (non-hydrogen) atoms. The van der Waals surface area contributed by atoms with E-state index in [-0.39, 0.29) is 5.92 Å². The molecule has 0 heterocycles. The van der Waals surface area contributed by atoms with E-state index in [9.17, 15) is 24.6 Å². The molecule has 7 N–H and O–H groups in total. The molecule has 0 spiro atoms. The maximum absolute atomic E-state index is 11.5. The third-order valence-electron chi connectivity index (χ3n) is 5.07. The van der Waals surface area contributed by atoms with Crippen LogP contribution in [0, 0.1) is 5.92 Å². The minimum Gasteiger partial charge on any atom is -0.481 e. The predicted molar refractivity (Wildman–Crippen MR) is 138 cm³/mol. The van der Waals surface area contributed by atoms with Crippen molar-refractivity contribution in [3.8, 4) is 0 Å². The molecule has 0 radical (unpaired) electrons. The second kappa shape index (κ2) is 16.5. The molecule has 2 unspecified atom stereocenters. The van der Waals surface area contributed by atoms with Crippen molar-refractivity contribution in [2.75, 3.05) is 18.8 Å². The number of carbonyl (C=O) groups is 3. The monoisotopic (exact) mass is 540 g/mol. The minimum absolute atomic E-state index is 0.294. The number of carboxylic acids is 3. The summed E-state index contributed by atoms with van der Waals surface area (Å²) in [6, 6.07) is 13.1. The van der Waals surface area contributed by atoms with E-state index in [1.54, 1.807) is 12.1 Å². The fourth-order valence-corrected chi connectivity index (χ4v) is 3.65. The number of rotatable bonds is 13. The SMILES string of the molecule is Nc1c(Cl)cc(C(O)CNCCCC(CCc2ccccc2)C(=O)O)cc1Cl.O=C(O)/C=C/C(=O)O. The third kappa shape index (κ3) is 12.6. The van der Waals surface area contributed by atoms with Crippen LogP contribution < -0.4 is 11.1 Å². The molecule has 2 aromatic carbocycles. The minimum atomic E-state index is -1.26. The van der Waals surface area contributed by atoms with Gasteiger partial charge in [-0.3, -0.25) is 4.79 Å². The summed E-state index contributed by atoms with van der Waals surface area (Å²) < 4.78 is 0. The molecule has 0 fully saturated rings. The van der Waals surface area contributed by atoms with Gasteiger partial charge < -0.3 is 31.5 Å². The number of halogens is 2. The average Bonchev–Trinajstić information content (AvgIpc) is 2.83. The lowest BCUT2D eigenvalue weighted by atomic mass is 9.95. The largest absolute Gasteiger partial charge is 0.481 e. The average molecular weight is 541 g/mol. The van der Waals surface area contributed by atoms with Gasteiger partial charge >= 0.3 is 17.9 Å². The van der Waals surface area contributed by atoms with E-state index < -0.39 is 24.0 Å². The number of aliphatic carboxylic acids is 3. The molecule has 0 aliphatic rings. The summed E-state index contributed by atoms with van der Waals surface area (Å²) in [4.78, 5) is 30.6. The third-order valence-corrected chi connectivity index (χ3v) is 5.70. The standard InChI is InChI=1S/C21H26Cl2N2O3.C4H4O4/c22-17-11-16(12-18(23)20(17)24)19(26)13-25-10-4-7-15(21(27)28)9-8-14-5-2-1-3-6-14;5-3(6)1-2-4(7)8/h1-3,5-6,11-12,15,19,25-26H,4,7-10,13,24H2,(H,27,28);1-2H,(H,5,6)(H,7,8)/b;2-1+. The number of nitrogens with one attached hydrogen (secondary N) is 1. The first-order valence-corrected chi connectivity index (χ1v) is 11.8. The number of benzene rings is 2. The summed E-state index contributed by atoms with van der Waals surface area (Å²) in [6.45, 7) is 0.931. The van der Waals surface area contributed by atoms with Crippen molar-refractivity contribution in [3.05, 3.63) is 75.8 Å². The number of carboxylic acid groups (broad SMARTS) is 3. The van der Waals surface area contributed by atoms with Crippen LogP contribution in [-0.2, 0) is 20.8 Å². The van der Waals surface area contributed by atoms with Gasteiger partial charge in [0.1, 0.15) is 0 Å². The number of hydrogen-bond acceptors (Lipinski definition) is 6. The maximum Gasteiger partial charge on any atom is 0.328 e. The van der Waals surface area contributed by atoms with E-state index in [4.69, 9.17) is 39.1 Å². The number of aliphatic hydroxyl groups is 1. The van der Waals surface area contributed by atoms with E-state index in [1.807, 2.05) is 30.3 Å². The number of nitrogens with two attached hydrogens (primary N) is 1. The molecule has 0 bridgehead atoms. The van der Waals surface area contributed by atoms with Crippen molar-refractivity contribution in [2.45, 2.75) is 31.8 Å². The Balaban J connectivity index is 0.000000697. The van der Waals surface area contributed by atoms with Crippen LogP contribution in [0.25, 0.3) is 0 Å². The van der Waals surface area contributed by atoms with Crippen LogP contribution in [0.3, 0.4) is 0 Å². The number of hydrogen-bond donors (Lipinski definition) is 6. The van der Waals surface area contributed by atoms with Crippen LogP contribution in [0.2, 0.25) is 10.0 Å².